The predicted octanol–water partition coefficient (Wildman–Crippen LogP) is 2.63. The Morgan fingerprint density at radius 1 is 1.22 bits per heavy atom. The normalized spacial score (nSPS) is 11.7. The maximum atomic E-state index is 12.1. The standard InChI is InChI=1S/C16H22N4O3/c1-10-8-15(20(3)19-10)18-16(21)17-11(2)12-6-7-13(22-4)14(9-12)23-5/h6-9,11H,1-5H3,(H2,17,18,21)/t11-/m0/s1. The molecular weight excluding hydrogens is 296 g/mol. The second-order valence-electron chi connectivity index (χ2n) is 5.23. The summed E-state index contributed by atoms with van der Waals surface area (Å²) in [5.41, 5.74) is 1.76. The Balaban J connectivity index is 2.05. The minimum absolute atomic E-state index is 0.191. The molecule has 2 rings (SSSR count). The van der Waals surface area contributed by atoms with Crippen LogP contribution in [-0.2, 0) is 7.05 Å². The van der Waals surface area contributed by atoms with Crippen molar-refractivity contribution < 1.29 is 14.3 Å². The van der Waals surface area contributed by atoms with E-state index in [1.165, 1.54) is 0 Å². The summed E-state index contributed by atoms with van der Waals surface area (Å²) in [6.07, 6.45) is 0. The number of hydrogen-bond acceptors (Lipinski definition) is 4. The van der Waals surface area contributed by atoms with Gasteiger partial charge in [-0.25, -0.2) is 4.79 Å². The molecule has 23 heavy (non-hydrogen) atoms. The van der Waals surface area contributed by atoms with Crippen LogP contribution >= 0.6 is 0 Å². The summed E-state index contributed by atoms with van der Waals surface area (Å²) in [6, 6.07) is 6.87. The van der Waals surface area contributed by atoms with Crippen molar-refractivity contribution in [2.24, 2.45) is 7.05 Å². The number of nitrogens with one attached hydrogen (secondary N) is 2. The number of aryl methyl sites for hydroxylation is 2. The minimum Gasteiger partial charge on any atom is -0.493 e. The van der Waals surface area contributed by atoms with E-state index in [0.717, 1.165) is 11.3 Å². The molecule has 0 fully saturated rings. The Kier molecular flexibility index (Phi) is 5.10. The fourth-order valence-corrected chi connectivity index (χ4v) is 2.28. The van der Waals surface area contributed by atoms with Crippen molar-refractivity contribution >= 4 is 11.8 Å². The molecule has 1 aromatic heterocycles. The molecule has 0 aliphatic carbocycles. The van der Waals surface area contributed by atoms with Crippen molar-refractivity contribution in [1.82, 2.24) is 15.1 Å². The Morgan fingerprint density at radius 3 is 2.48 bits per heavy atom. The molecule has 0 bridgehead atoms. The van der Waals surface area contributed by atoms with Gasteiger partial charge in [0.25, 0.3) is 0 Å². The number of methoxy groups -OCH3 is 2. The third-order valence-electron chi connectivity index (χ3n) is 3.50. The number of urea groups is 1. The molecule has 0 aliphatic rings. The summed E-state index contributed by atoms with van der Waals surface area (Å²) in [7, 11) is 4.94. The molecule has 0 unspecified atom stereocenters. The van der Waals surface area contributed by atoms with Gasteiger partial charge in [-0.05, 0) is 31.5 Å². The van der Waals surface area contributed by atoms with E-state index in [-0.39, 0.29) is 12.1 Å². The van der Waals surface area contributed by atoms with Gasteiger partial charge in [0.05, 0.1) is 26.0 Å². The third-order valence-corrected chi connectivity index (χ3v) is 3.50. The third kappa shape index (κ3) is 3.94. The Labute approximate surface area is 135 Å². The van der Waals surface area contributed by atoms with Crippen LogP contribution in [0.2, 0.25) is 0 Å². The lowest BCUT2D eigenvalue weighted by Crippen LogP contribution is -2.31. The average molecular weight is 318 g/mol. The van der Waals surface area contributed by atoms with Crippen LogP contribution in [-0.4, -0.2) is 30.0 Å². The fraction of sp³-hybridized carbons (Fsp3) is 0.375. The first-order valence-electron chi connectivity index (χ1n) is 7.24. The number of carbonyl (C=O) groups excluding carboxylic acids is 1. The Morgan fingerprint density at radius 2 is 1.91 bits per heavy atom. The summed E-state index contributed by atoms with van der Waals surface area (Å²) in [4.78, 5) is 12.1. The molecule has 2 aromatic rings. The highest BCUT2D eigenvalue weighted by Crippen LogP contribution is 2.29. The molecule has 7 heteroatoms. The van der Waals surface area contributed by atoms with Gasteiger partial charge in [-0.3, -0.25) is 10.00 Å². The van der Waals surface area contributed by atoms with Gasteiger partial charge in [0.1, 0.15) is 5.82 Å². The quantitative estimate of drug-likeness (QED) is 0.888. The predicted molar refractivity (Wildman–Crippen MR) is 88.1 cm³/mol. The van der Waals surface area contributed by atoms with E-state index in [4.69, 9.17) is 9.47 Å². The lowest BCUT2D eigenvalue weighted by molar-refractivity contribution is 0.249. The van der Waals surface area contributed by atoms with Crippen LogP contribution in [0.1, 0.15) is 24.2 Å². The zero-order valence-electron chi connectivity index (χ0n) is 14.0. The number of amides is 2. The smallest absolute Gasteiger partial charge is 0.320 e. The summed E-state index contributed by atoms with van der Waals surface area (Å²) in [5, 5.41) is 9.85. The molecule has 0 saturated heterocycles. The van der Waals surface area contributed by atoms with E-state index in [2.05, 4.69) is 15.7 Å². The average Bonchev–Trinajstić information content (AvgIpc) is 2.83. The summed E-state index contributed by atoms with van der Waals surface area (Å²) in [5.74, 6) is 1.92. The van der Waals surface area contributed by atoms with Crippen LogP contribution < -0.4 is 20.1 Å². The van der Waals surface area contributed by atoms with Crippen molar-refractivity contribution in [3.63, 3.8) is 0 Å². The maximum absolute atomic E-state index is 12.1. The van der Waals surface area contributed by atoms with Gasteiger partial charge in [-0.1, -0.05) is 6.07 Å². The summed E-state index contributed by atoms with van der Waals surface area (Å²) in [6.45, 7) is 3.77. The molecule has 1 heterocycles. The van der Waals surface area contributed by atoms with Crippen LogP contribution in [0.3, 0.4) is 0 Å². The highest BCUT2D eigenvalue weighted by atomic mass is 16.5. The molecular formula is C16H22N4O3. The molecule has 1 atom stereocenters. The summed E-state index contributed by atoms with van der Waals surface area (Å²) < 4.78 is 12.1. The van der Waals surface area contributed by atoms with Crippen LogP contribution in [0.25, 0.3) is 0 Å². The maximum Gasteiger partial charge on any atom is 0.320 e. The highest BCUT2D eigenvalue weighted by Gasteiger charge is 2.14. The van der Waals surface area contributed by atoms with Crippen molar-refractivity contribution in [3.8, 4) is 11.5 Å². The number of nitrogens with zero attached hydrogens (tertiary/aromatic N) is 2. The zero-order chi connectivity index (χ0) is 17.0. The number of aromatic nitrogens is 2. The first-order chi connectivity index (χ1) is 10.9. The van der Waals surface area contributed by atoms with E-state index in [1.54, 1.807) is 32.0 Å². The van der Waals surface area contributed by atoms with Gasteiger partial charge >= 0.3 is 6.03 Å². The van der Waals surface area contributed by atoms with Crippen molar-refractivity contribution in [2.45, 2.75) is 19.9 Å². The van der Waals surface area contributed by atoms with Crippen molar-refractivity contribution in [2.75, 3.05) is 19.5 Å². The molecule has 0 radical (unpaired) electrons. The molecule has 2 N–H and O–H groups in total. The Hall–Kier alpha value is -2.70. The Bertz CT molecular complexity index is 697. The molecule has 0 aliphatic heterocycles. The van der Waals surface area contributed by atoms with Crippen molar-refractivity contribution in [3.05, 3.63) is 35.5 Å². The summed E-state index contributed by atoms with van der Waals surface area (Å²) >= 11 is 0. The van der Waals surface area contributed by atoms with E-state index in [1.807, 2.05) is 32.0 Å². The fourth-order valence-electron chi connectivity index (χ4n) is 2.28. The number of rotatable bonds is 5. The number of benzene rings is 1. The molecule has 2 amide bonds. The van der Waals surface area contributed by atoms with Gasteiger partial charge in [0, 0.05) is 13.1 Å². The number of hydrogen-bond donors (Lipinski definition) is 2. The lowest BCUT2D eigenvalue weighted by atomic mass is 10.1. The number of carbonyl (C=O) groups is 1. The SMILES string of the molecule is COc1ccc([C@H](C)NC(=O)Nc2cc(C)nn2C)cc1OC. The van der Waals surface area contributed by atoms with Crippen molar-refractivity contribution in [1.29, 1.82) is 0 Å². The van der Waals surface area contributed by atoms with Gasteiger partial charge in [-0.2, -0.15) is 5.10 Å². The second-order valence-corrected chi connectivity index (χ2v) is 5.23. The number of anilines is 1. The molecule has 0 spiro atoms. The van der Waals surface area contributed by atoms with Crippen LogP contribution in [0.5, 0.6) is 11.5 Å². The van der Waals surface area contributed by atoms with Crippen LogP contribution in [0.15, 0.2) is 24.3 Å². The monoisotopic (exact) mass is 318 g/mol. The van der Waals surface area contributed by atoms with Crippen LogP contribution in [0.4, 0.5) is 10.6 Å². The molecule has 124 valence electrons. The van der Waals surface area contributed by atoms with Gasteiger partial charge in [0.2, 0.25) is 0 Å². The van der Waals surface area contributed by atoms with Gasteiger partial charge in [-0.15, -0.1) is 0 Å². The second kappa shape index (κ2) is 7.04. The molecule has 0 saturated carbocycles. The van der Waals surface area contributed by atoms with E-state index >= 15 is 0 Å². The number of ether oxygens (including phenoxy) is 2. The first-order valence-corrected chi connectivity index (χ1v) is 7.24. The first kappa shape index (κ1) is 16.7. The van der Waals surface area contributed by atoms with Gasteiger partial charge < -0.3 is 14.8 Å². The van der Waals surface area contributed by atoms with E-state index in [9.17, 15) is 4.79 Å². The lowest BCUT2D eigenvalue weighted by Gasteiger charge is -2.17. The largest absolute Gasteiger partial charge is 0.493 e. The topological polar surface area (TPSA) is 77.4 Å². The molecule has 7 nitrogen and oxygen atoms in total. The minimum atomic E-state index is -0.296. The van der Waals surface area contributed by atoms with Gasteiger partial charge in [0.15, 0.2) is 11.5 Å². The van der Waals surface area contributed by atoms with E-state index in [0.29, 0.717) is 17.3 Å². The highest BCUT2D eigenvalue weighted by molar-refractivity contribution is 5.88. The van der Waals surface area contributed by atoms with E-state index < -0.39 is 0 Å². The zero-order valence-corrected chi connectivity index (χ0v) is 14.0. The van der Waals surface area contributed by atoms with Crippen LogP contribution in [0, 0.1) is 6.92 Å². The molecule has 1 aromatic carbocycles.